The zero-order valence-electron chi connectivity index (χ0n) is 11.7. The molecule has 0 aliphatic heterocycles. The van der Waals surface area contributed by atoms with Crippen molar-refractivity contribution in [1.29, 1.82) is 0 Å². The molecule has 6 nitrogen and oxygen atoms in total. The maximum absolute atomic E-state index is 14.4. The van der Waals surface area contributed by atoms with Crippen LogP contribution in [0.3, 0.4) is 0 Å². The smallest absolute Gasteiger partial charge is 0.355 e. The normalized spacial score (nSPS) is 11.0. The molecule has 0 radical (unpaired) electrons. The Morgan fingerprint density at radius 1 is 1.43 bits per heavy atom. The maximum atomic E-state index is 14.4. The third-order valence-electron chi connectivity index (χ3n) is 2.90. The molecule has 1 aromatic carbocycles. The van der Waals surface area contributed by atoms with Crippen LogP contribution in [0.25, 0.3) is 17.5 Å². The molecule has 0 bridgehead atoms. The molecule has 0 aliphatic rings. The summed E-state index contributed by atoms with van der Waals surface area (Å²) in [4.78, 5) is 18.8. The van der Waals surface area contributed by atoms with Crippen molar-refractivity contribution in [3.05, 3.63) is 40.6 Å². The van der Waals surface area contributed by atoms with Crippen molar-refractivity contribution in [3.63, 3.8) is 0 Å². The summed E-state index contributed by atoms with van der Waals surface area (Å²) in [6.45, 7) is 0. The molecule has 0 unspecified atom stereocenters. The molecule has 1 heterocycles. The van der Waals surface area contributed by atoms with Gasteiger partial charge >= 0.3 is 5.97 Å². The van der Waals surface area contributed by atoms with Gasteiger partial charge in [-0.1, -0.05) is 11.6 Å². The highest BCUT2D eigenvalue weighted by Gasteiger charge is 2.21. The summed E-state index contributed by atoms with van der Waals surface area (Å²) in [5.41, 5.74) is 4.69. The second-order valence-electron chi connectivity index (χ2n) is 4.23. The Morgan fingerprint density at radius 2 is 2.13 bits per heavy atom. The van der Waals surface area contributed by atoms with Gasteiger partial charge in [-0.05, 0) is 18.2 Å². The summed E-state index contributed by atoms with van der Waals surface area (Å²) in [6.07, 6.45) is 0.911. The average Bonchev–Trinajstić information content (AvgIpc) is 2.49. The fourth-order valence-electron chi connectivity index (χ4n) is 1.89. The summed E-state index contributed by atoms with van der Waals surface area (Å²) in [6, 6.07) is 2.60. The van der Waals surface area contributed by atoms with E-state index in [1.807, 2.05) is 0 Å². The Balaban J connectivity index is 2.73. The monoisotopic (exact) mass is 341 g/mol. The van der Waals surface area contributed by atoms with E-state index in [0.717, 1.165) is 6.08 Å². The van der Waals surface area contributed by atoms with Crippen molar-refractivity contribution in [2.45, 2.75) is 0 Å². The first kappa shape index (κ1) is 16.6. The van der Waals surface area contributed by atoms with Crippen molar-refractivity contribution < 1.29 is 23.4 Å². The van der Waals surface area contributed by atoms with Gasteiger partial charge in [-0.2, -0.15) is 0 Å². The highest BCUT2D eigenvalue weighted by Crippen LogP contribution is 2.34. The van der Waals surface area contributed by atoms with Crippen LogP contribution < -0.4 is 10.5 Å². The summed E-state index contributed by atoms with van der Waals surface area (Å²) in [7, 11) is 1.22. The van der Waals surface area contributed by atoms with Gasteiger partial charge in [0, 0.05) is 0 Å². The summed E-state index contributed by atoms with van der Waals surface area (Å²) < 4.78 is 31.6. The number of carboxylic acid groups (broad SMARTS) is 1. The number of nitrogens with two attached hydrogens (primary N) is 1. The number of ether oxygens (including phenoxy) is 1. The largest absolute Gasteiger partial charge is 0.492 e. The van der Waals surface area contributed by atoms with Gasteiger partial charge in [0.05, 0.1) is 29.6 Å². The Kier molecular flexibility index (Phi) is 4.75. The van der Waals surface area contributed by atoms with Crippen LogP contribution in [0.4, 0.5) is 14.6 Å². The fraction of sp³-hybridized carbons (Fsp3) is 0.0714. The maximum Gasteiger partial charge on any atom is 0.355 e. The Labute approximate surface area is 134 Å². The number of hydrogen-bond acceptors (Lipinski definition) is 5. The Hall–Kier alpha value is -2.74. The molecule has 0 saturated carbocycles. The van der Waals surface area contributed by atoms with Gasteiger partial charge in [-0.3, -0.25) is 0 Å². The number of rotatable bonds is 4. The topological polar surface area (TPSA) is 98.3 Å². The van der Waals surface area contributed by atoms with Crippen LogP contribution in [0.2, 0.25) is 5.02 Å². The first-order chi connectivity index (χ1) is 10.9. The van der Waals surface area contributed by atoms with E-state index in [-0.39, 0.29) is 39.9 Å². The van der Waals surface area contributed by atoms with Crippen LogP contribution in [0.1, 0.15) is 16.1 Å². The number of hydrogen-bond donors (Lipinski definition) is 2. The van der Waals surface area contributed by atoms with Gasteiger partial charge < -0.3 is 15.6 Å². The number of anilines is 1. The molecular formula is C14H10ClF2N3O3. The Bertz CT molecular complexity index is 812. The number of aromatic nitrogens is 2. The lowest BCUT2D eigenvalue weighted by atomic mass is 10.1. The van der Waals surface area contributed by atoms with E-state index in [0.29, 0.717) is 0 Å². The van der Waals surface area contributed by atoms with Crippen LogP contribution in [-0.4, -0.2) is 28.2 Å². The van der Waals surface area contributed by atoms with Gasteiger partial charge in [0.1, 0.15) is 5.82 Å². The third kappa shape index (κ3) is 3.07. The van der Waals surface area contributed by atoms with Gasteiger partial charge in [-0.25, -0.2) is 23.5 Å². The van der Waals surface area contributed by atoms with Crippen LogP contribution in [0.15, 0.2) is 18.5 Å². The number of halogens is 3. The van der Waals surface area contributed by atoms with Crippen molar-refractivity contribution in [3.8, 4) is 17.1 Å². The molecule has 0 atom stereocenters. The number of aromatic carboxylic acids is 1. The molecule has 1 aromatic heterocycles. The molecule has 23 heavy (non-hydrogen) atoms. The Morgan fingerprint density at radius 3 is 2.70 bits per heavy atom. The van der Waals surface area contributed by atoms with Gasteiger partial charge in [0.2, 0.25) is 0 Å². The standard InChI is InChI=1S/C14H10ClF2N3O3/c1-23-11-8(15)3-2-6(9(11)17)13-19-10(14(21)22)7(4-5-16)12(18)20-13/h2-5H,1H3,(H,21,22)(H2,18,19,20). The molecule has 0 saturated heterocycles. The molecule has 9 heteroatoms. The van der Waals surface area contributed by atoms with Gasteiger partial charge in [0.25, 0.3) is 0 Å². The predicted octanol–water partition coefficient (Wildman–Crippen LogP) is 3.17. The van der Waals surface area contributed by atoms with Crippen molar-refractivity contribution in [2.75, 3.05) is 12.8 Å². The van der Waals surface area contributed by atoms with E-state index in [4.69, 9.17) is 27.2 Å². The second kappa shape index (κ2) is 6.57. The van der Waals surface area contributed by atoms with Gasteiger partial charge in [-0.15, -0.1) is 0 Å². The third-order valence-corrected chi connectivity index (χ3v) is 3.20. The minimum Gasteiger partial charge on any atom is -0.492 e. The van der Waals surface area contributed by atoms with E-state index in [1.165, 1.54) is 19.2 Å². The van der Waals surface area contributed by atoms with Crippen LogP contribution in [0, 0.1) is 5.82 Å². The molecule has 2 aromatic rings. The van der Waals surface area contributed by atoms with Crippen molar-refractivity contribution in [2.24, 2.45) is 0 Å². The lowest BCUT2D eigenvalue weighted by molar-refractivity contribution is 0.0690. The number of nitrogens with zero attached hydrogens (tertiary/aromatic N) is 2. The molecular weight excluding hydrogens is 332 g/mol. The number of methoxy groups -OCH3 is 1. The lowest BCUT2D eigenvalue weighted by Crippen LogP contribution is -2.10. The van der Waals surface area contributed by atoms with Crippen molar-refractivity contribution >= 4 is 29.5 Å². The highest BCUT2D eigenvalue weighted by molar-refractivity contribution is 6.32. The van der Waals surface area contributed by atoms with E-state index in [9.17, 15) is 13.6 Å². The summed E-state index contributed by atoms with van der Waals surface area (Å²) >= 11 is 5.79. The van der Waals surface area contributed by atoms with E-state index >= 15 is 0 Å². The first-order valence-electron chi connectivity index (χ1n) is 6.10. The lowest BCUT2D eigenvalue weighted by Gasteiger charge is -2.11. The minimum absolute atomic E-state index is 0.0252. The fourth-order valence-corrected chi connectivity index (χ4v) is 2.11. The number of carbonyl (C=O) groups is 1. The zero-order chi connectivity index (χ0) is 17.1. The van der Waals surface area contributed by atoms with Crippen LogP contribution in [-0.2, 0) is 0 Å². The number of carboxylic acids is 1. The van der Waals surface area contributed by atoms with Gasteiger partial charge in [0.15, 0.2) is 23.1 Å². The number of benzene rings is 1. The number of nitrogen functional groups attached to an aromatic ring is 1. The van der Waals surface area contributed by atoms with Crippen LogP contribution in [0.5, 0.6) is 5.75 Å². The second-order valence-corrected chi connectivity index (χ2v) is 4.64. The predicted molar refractivity (Wildman–Crippen MR) is 80.5 cm³/mol. The zero-order valence-corrected chi connectivity index (χ0v) is 12.4. The quantitative estimate of drug-likeness (QED) is 0.886. The summed E-state index contributed by atoms with van der Waals surface area (Å²) in [5.74, 6) is -3.17. The molecule has 0 fully saturated rings. The highest BCUT2D eigenvalue weighted by atomic mass is 35.5. The molecule has 0 spiro atoms. The van der Waals surface area contributed by atoms with E-state index in [1.54, 1.807) is 0 Å². The molecule has 2 rings (SSSR count). The van der Waals surface area contributed by atoms with E-state index < -0.39 is 17.5 Å². The first-order valence-corrected chi connectivity index (χ1v) is 6.48. The minimum atomic E-state index is -1.46. The molecule has 3 N–H and O–H groups in total. The SMILES string of the molecule is COc1c(Cl)ccc(-c2nc(N)c(C=CF)c(C(=O)O)n2)c1F. The molecule has 0 aliphatic carbocycles. The summed E-state index contributed by atoms with van der Waals surface area (Å²) in [5, 5.41) is 9.19. The molecule has 0 amide bonds. The van der Waals surface area contributed by atoms with Crippen LogP contribution >= 0.6 is 11.6 Å². The average molecular weight is 342 g/mol. The molecule has 120 valence electrons. The van der Waals surface area contributed by atoms with E-state index in [2.05, 4.69) is 9.97 Å². The van der Waals surface area contributed by atoms with Crippen molar-refractivity contribution in [1.82, 2.24) is 9.97 Å².